The van der Waals surface area contributed by atoms with Gasteiger partial charge in [0.25, 0.3) is 0 Å². The SMILES string of the molecule is COc1cccc(OC)c1C1SCC(=O)N1CCOCCO. The topological polar surface area (TPSA) is 68.2 Å². The summed E-state index contributed by atoms with van der Waals surface area (Å²) < 4.78 is 16.1. The van der Waals surface area contributed by atoms with Crippen LogP contribution in [0.3, 0.4) is 0 Å². The van der Waals surface area contributed by atoms with Gasteiger partial charge in [-0.15, -0.1) is 11.8 Å². The van der Waals surface area contributed by atoms with Gasteiger partial charge in [-0.05, 0) is 12.1 Å². The first-order valence-corrected chi connectivity index (χ1v) is 8.08. The van der Waals surface area contributed by atoms with E-state index in [2.05, 4.69) is 0 Å². The number of hydrogen-bond donors (Lipinski definition) is 1. The maximum absolute atomic E-state index is 12.1. The molecular weight excluding hydrogens is 306 g/mol. The molecule has 1 atom stereocenters. The number of methoxy groups -OCH3 is 2. The normalized spacial score (nSPS) is 17.9. The van der Waals surface area contributed by atoms with Crippen LogP contribution < -0.4 is 9.47 Å². The molecule has 1 unspecified atom stereocenters. The monoisotopic (exact) mass is 327 g/mol. The van der Waals surface area contributed by atoms with Crippen molar-refractivity contribution in [3.8, 4) is 11.5 Å². The zero-order chi connectivity index (χ0) is 15.9. The molecule has 0 saturated carbocycles. The highest BCUT2D eigenvalue weighted by molar-refractivity contribution is 8.00. The van der Waals surface area contributed by atoms with Gasteiger partial charge in [-0.25, -0.2) is 0 Å². The van der Waals surface area contributed by atoms with Gasteiger partial charge in [0.15, 0.2) is 0 Å². The number of ether oxygens (including phenoxy) is 3. The largest absolute Gasteiger partial charge is 0.496 e. The predicted octanol–water partition coefficient (Wildman–Crippen LogP) is 1.29. The third-order valence-corrected chi connectivity index (χ3v) is 4.61. The number of hydrogen-bond acceptors (Lipinski definition) is 6. The smallest absolute Gasteiger partial charge is 0.233 e. The van der Waals surface area contributed by atoms with Crippen LogP contribution in [-0.2, 0) is 9.53 Å². The van der Waals surface area contributed by atoms with E-state index in [4.69, 9.17) is 19.3 Å². The van der Waals surface area contributed by atoms with E-state index >= 15 is 0 Å². The number of aliphatic hydroxyl groups excluding tert-OH is 1. The Hall–Kier alpha value is -1.44. The van der Waals surface area contributed by atoms with Gasteiger partial charge in [-0.3, -0.25) is 4.79 Å². The van der Waals surface area contributed by atoms with Gasteiger partial charge in [0, 0.05) is 6.54 Å². The molecule has 22 heavy (non-hydrogen) atoms. The van der Waals surface area contributed by atoms with Gasteiger partial charge in [0.2, 0.25) is 5.91 Å². The number of thioether (sulfide) groups is 1. The highest BCUT2D eigenvalue weighted by Gasteiger charge is 2.36. The maximum Gasteiger partial charge on any atom is 0.233 e. The van der Waals surface area contributed by atoms with Crippen molar-refractivity contribution in [2.45, 2.75) is 5.37 Å². The fraction of sp³-hybridized carbons (Fsp3) is 0.533. The van der Waals surface area contributed by atoms with E-state index in [0.717, 1.165) is 5.56 Å². The third kappa shape index (κ3) is 3.66. The van der Waals surface area contributed by atoms with E-state index in [9.17, 15) is 4.79 Å². The number of amides is 1. The summed E-state index contributed by atoms with van der Waals surface area (Å²) in [5.41, 5.74) is 0.866. The average molecular weight is 327 g/mol. The van der Waals surface area contributed by atoms with Crippen LogP contribution in [0, 0.1) is 0 Å². The second-order valence-corrected chi connectivity index (χ2v) is 5.73. The molecule has 1 aliphatic heterocycles. The molecule has 1 N–H and O–H groups in total. The lowest BCUT2D eigenvalue weighted by atomic mass is 10.1. The second kappa shape index (κ2) is 8.26. The Balaban J connectivity index is 2.20. The van der Waals surface area contributed by atoms with E-state index < -0.39 is 0 Å². The lowest BCUT2D eigenvalue weighted by Gasteiger charge is -2.26. The summed E-state index contributed by atoms with van der Waals surface area (Å²) >= 11 is 1.55. The Morgan fingerprint density at radius 2 is 1.95 bits per heavy atom. The van der Waals surface area contributed by atoms with Gasteiger partial charge in [0.1, 0.15) is 16.9 Å². The number of carbonyl (C=O) groups excluding carboxylic acids is 1. The summed E-state index contributed by atoms with van der Waals surface area (Å²) in [5, 5.41) is 8.58. The molecule has 1 amide bonds. The van der Waals surface area contributed by atoms with E-state index in [-0.39, 0.29) is 24.5 Å². The molecule has 1 heterocycles. The van der Waals surface area contributed by atoms with Crippen LogP contribution in [0.15, 0.2) is 18.2 Å². The Labute approximate surface area is 134 Å². The molecule has 0 bridgehead atoms. The first kappa shape index (κ1) is 16.9. The number of rotatable bonds is 8. The minimum atomic E-state index is -0.156. The molecule has 0 radical (unpaired) electrons. The summed E-state index contributed by atoms with van der Waals surface area (Å²) in [4.78, 5) is 13.9. The molecule has 0 aliphatic carbocycles. The predicted molar refractivity (Wildman–Crippen MR) is 84.4 cm³/mol. The lowest BCUT2D eigenvalue weighted by Crippen LogP contribution is -2.32. The Kier molecular flexibility index (Phi) is 6.35. The van der Waals surface area contributed by atoms with Crippen molar-refractivity contribution in [2.75, 3.05) is 46.3 Å². The molecule has 6 nitrogen and oxygen atoms in total. The zero-order valence-corrected chi connectivity index (χ0v) is 13.6. The van der Waals surface area contributed by atoms with E-state index in [1.54, 1.807) is 30.9 Å². The molecule has 0 aromatic heterocycles. The van der Waals surface area contributed by atoms with Crippen molar-refractivity contribution in [3.63, 3.8) is 0 Å². The van der Waals surface area contributed by atoms with E-state index in [0.29, 0.717) is 30.4 Å². The minimum Gasteiger partial charge on any atom is -0.496 e. The van der Waals surface area contributed by atoms with Crippen LogP contribution >= 0.6 is 11.8 Å². The second-order valence-electron chi connectivity index (χ2n) is 4.66. The van der Waals surface area contributed by atoms with Gasteiger partial charge in [0.05, 0.1) is 45.4 Å². The van der Waals surface area contributed by atoms with Crippen molar-refractivity contribution in [2.24, 2.45) is 0 Å². The highest BCUT2D eigenvalue weighted by Crippen LogP contribution is 2.46. The summed E-state index contributed by atoms with van der Waals surface area (Å²) in [6.07, 6.45) is 0. The fourth-order valence-corrected chi connectivity index (χ4v) is 3.66. The number of aliphatic hydroxyl groups is 1. The summed E-state index contributed by atoms with van der Waals surface area (Å²) in [5.74, 6) is 1.89. The van der Waals surface area contributed by atoms with Crippen molar-refractivity contribution in [3.05, 3.63) is 23.8 Å². The average Bonchev–Trinajstić information content (AvgIpc) is 2.91. The number of benzene rings is 1. The van der Waals surface area contributed by atoms with E-state index in [1.165, 1.54) is 0 Å². The maximum atomic E-state index is 12.1. The summed E-state index contributed by atoms with van der Waals surface area (Å²) in [6, 6.07) is 5.58. The Bertz CT molecular complexity index is 488. The van der Waals surface area contributed by atoms with Gasteiger partial charge in [-0.2, -0.15) is 0 Å². The fourth-order valence-electron chi connectivity index (χ4n) is 2.39. The summed E-state index contributed by atoms with van der Waals surface area (Å²) in [6.45, 7) is 1.11. The quantitative estimate of drug-likeness (QED) is 0.726. The van der Waals surface area contributed by atoms with Crippen molar-refractivity contribution in [1.82, 2.24) is 4.90 Å². The summed E-state index contributed by atoms with van der Waals surface area (Å²) in [7, 11) is 3.21. The molecule has 1 aliphatic rings. The Morgan fingerprint density at radius 1 is 1.27 bits per heavy atom. The molecule has 122 valence electrons. The van der Waals surface area contributed by atoms with Crippen molar-refractivity contribution >= 4 is 17.7 Å². The standard InChI is InChI=1S/C15H21NO5S/c1-19-11-4-3-5-12(20-2)14(11)15-16(13(18)10-22-15)6-8-21-9-7-17/h3-5,15,17H,6-10H2,1-2H3. The molecule has 1 aromatic carbocycles. The molecule has 1 fully saturated rings. The molecule has 1 aromatic rings. The molecule has 0 spiro atoms. The molecule has 2 rings (SSSR count). The molecular formula is C15H21NO5S. The van der Waals surface area contributed by atoms with Crippen LogP contribution in [-0.4, -0.2) is 62.3 Å². The van der Waals surface area contributed by atoms with Crippen LogP contribution in [0.5, 0.6) is 11.5 Å². The first-order chi connectivity index (χ1) is 10.7. The van der Waals surface area contributed by atoms with Crippen LogP contribution in [0.2, 0.25) is 0 Å². The zero-order valence-electron chi connectivity index (χ0n) is 12.8. The van der Waals surface area contributed by atoms with E-state index in [1.807, 2.05) is 18.2 Å². The van der Waals surface area contributed by atoms with Gasteiger partial charge >= 0.3 is 0 Å². The highest BCUT2D eigenvalue weighted by atomic mass is 32.2. The van der Waals surface area contributed by atoms with Gasteiger partial charge < -0.3 is 24.2 Å². The first-order valence-electron chi connectivity index (χ1n) is 7.03. The van der Waals surface area contributed by atoms with Crippen LogP contribution in [0.1, 0.15) is 10.9 Å². The molecule has 7 heteroatoms. The molecule has 1 saturated heterocycles. The van der Waals surface area contributed by atoms with Gasteiger partial charge in [-0.1, -0.05) is 6.07 Å². The third-order valence-electron chi connectivity index (χ3n) is 3.39. The Morgan fingerprint density at radius 3 is 2.55 bits per heavy atom. The minimum absolute atomic E-state index is 0.0214. The number of carbonyl (C=O) groups is 1. The van der Waals surface area contributed by atoms with Crippen LogP contribution in [0.25, 0.3) is 0 Å². The van der Waals surface area contributed by atoms with Crippen LogP contribution in [0.4, 0.5) is 0 Å². The lowest BCUT2D eigenvalue weighted by molar-refractivity contribution is -0.128. The van der Waals surface area contributed by atoms with Crippen molar-refractivity contribution < 1.29 is 24.1 Å². The number of nitrogens with zero attached hydrogens (tertiary/aromatic N) is 1. The van der Waals surface area contributed by atoms with Crippen molar-refractivity contribution in [1.29, 1.82) is 0 Å².